The van der Waals surface area contributed by atoms with Crippen LogP contribution in [0.25, 0.3) is 0 Å². The Bertz CT molecular complexity index is 478. The van der Waals surface area contributed by atoms with Gasteiger partial charge in [0.25, 0.3) is 11.8 Å². The van der Waals surface area contributed by atoms with Crippen molar-refractivity contribution in [3.05, 3.63) is 35.4 Å². The van der Waals surface area contributed by atoms with E-state index in [1.165, 1.54) is 0 Å². The molecule has 94 valence electrons. The largest absolute Gasteiger partial charge is 0.353 e. The molecule has 0 aliphatic carbocycles. The molecular weight excluding hydrogens is 234 g/mol. The van der Waals surface area contributed by atoms with Gasteiger partial charge in [-0.1, -0.05) is 12.1 Å². The van der Waals surface area contributed by atoms with Crippen LogP contribution in [0.1, 0.15) is 20.7 Å². The summed E-state index contributed by atoms with van der Waals surface area (Å²) in [5.74, 6) is -0.957. The van der Waals surface area contributed by atoms with E-state index in [2.05, 4.69) is 5.32 Å². The number of nitrogens with zero attached hydrogens (tertiary/aromatic N) is 1. The summed E-state index contributed by atoms with van der Waals surface area (Å²) >= 11 is 0. The summed E-state index contributed by atoms with van der Waals surface area (Å²) in [6.45, 7) is 0.252. The van der Waals surface area contributed by atoms with Crippen molar-refractivity contribution >= 4 is 17.7 Å². The van der Waals surface area contributed by atoms with E-state index < -0.39 is 0 Å². The molecule has 1 aliphatic heterocycles. The molecule has 0 bridgehead atoms. The van der Waals surface area contributed by atoms with Crippen molar-refractivity contribution < 1.29 is 14.4 Å². The molecule has 1 heterocycles. The zero-order valence-electron chi connectivity index (χ0n) is 9.68. The van der Waals surface area contributed by atoms with Crippen LogP contribution >= 0.6 is 0 Å². The highest BCUT2D eigenvalue weighted by Crippen LogP contribution is 2.21. The lowest BCUT2D eigenvalue weighted by molar-refractivity contribution is -0.119. The lowest BCUT2D eigenvalue weighted by Gasteiger charge is -2.13. The Hall–Kier alpha value is -2.21. The normalized spacial score (nSPS) is 13.7. The van der Waals surface area contributed by atoms with Crippen LogP contribution in [0.3, 0.4) is 0 Å². The molecular formula is C12H13N3O3. The van der Waals surface area contributed by atoms with Gasteiger partial charge in [-0.2, -0.15) is 0 Å². The Labute approximate surface area is 104 Å². The van der Waals surface area contributed by atoms with Crippen molar-refractivity contribution in [3.8, 4) is 0 Å². The van der Waals surface area contributed by atoms with Crippen LogP contribution in [0.2, 0.25) is 0 Å². The van der Waals surface area contributed by atoms with E-state index >= 15 is 0 Å². The van der Waals surface area contributed by atoms with Gasteiger partial charge in [-0.05, 0) is 12.1 Å². The third-order valence-electron chi connectivity index (χ3n) is 2.72. The molecule has 3 N–H and O–H groups in total. The SMILES string of the molecule is NCC(=O)NCCN1C(=O)c2ccccc2C1=O. The van der Waals surface area contributed by atoms with E-state index in [1.54, 1.807) is 24.3 Å². The van der Waals surface area contributed by atoms with E-state index in [0.29, 0.717) is 11.1 Å². The molecule has 0 saturated carbocycles. The number of fused-ring (bicyclic) bond motifs is 1. The second-order valence-corrected chi connectivity index (χ2v) is 3.86. The molecule has 6 nitrogen and oxygen atoms in total. The lowest BCUT2D eigenvalue weighted by Crippen LogP contribution is -2.39. The fraction of sp³-hybridized carbons (Fsp3) is 0.250. The van der Waals surface area contributed by atoms with Gasteiger partial charge in [0, 0.05) is 13.1 Å². The summed E-state index contributed by atoms with van der Waals surface area (Å²) in [4.78, 5) is 35.9. The molecule has 0 fully saturated rings. The Kier molecular flexibility index (Phi) is 3.38. The molecule has 0 unspecified atom stereocenters. The maximum absolute atomic E-state index is 11.9. The molecule has 18 heavy (non-hydrogen) atoms. The van der Waals surface area contributed by atoms with Crippen molar-refractivity contribution in [2.75, 3.05) is 19.6 Å². The average Bonchev–Trinajstić information content (AvgIpc) is 2.64. The maximum atomic E-state index is 11.9. The summed E-state index contributed by atoms with van der Waals surface area (Å²) in [5.41, 5.74) is 5.95. The van der Waals surface area contributed by atoms with E-state index in [9.17, 15) is 14.4 Å². The number of hydrogen-bond acceptors (Lipinski definition) is 4. The highest BCUT2D eigenvalue weighted by atomic mass is 16.2. The van der Waals surface area contributed by atoms with Gasteiger partial charge >= 0.3 is 0 Å². The standard InChI is InChI=1S/C12H13N3O3/c13-7-10(16)14-5-6-15-11(17)8-3-1-2-4-9(8)12(15)18/h1-4H,5-7,13H2,(H,14,16). The summed E-state index contributed by atoms with van der Waals surface area (Å²) in [7, 11) is 0. The summed E-state index contributed by atoms with van der Waals surface area (Å²) in [5, 5.41) is 2.52. The maximum Gasteiger partial charge on any atom is 0.261 e. The van der Waals surface area contributed by atoms with Gasteiger partial charge < -0.3 is 11.1 Å². The number of carbonyl (C=O) groups excluding carboxylic acids is 3. The van der Waals surface area contributed by atoms with E-state index in [-0.39, 0.29) is 37.4 Å². The van der Waals surface area contributed by atoms with Crippen LogP contribution in [0.15, 0.2) is 24.3 Å². The monoisotopic (exact) mass is 247 g/mol. The number of nitrogens with one attached hydrogen (secondary N) is 1. The summed E-state index contributed by atoms with van der Waals surface area (Å²) in [6, 6.07) is 6.66. The topological polar surface area (TPSA) is 92.5 Å². The minimum atomic E-state index is -0.322. The zero-order chi connectivity index (χ0) is 13.1. The molecule has 0 aromatic heterocycles. The Morgan fingerprint density at radius 1 is 1.17 bits per heavy atom. The second-order valence-electron chi connectivity index (χ2n) is 3.86. The number of benzene rings is 1. The highest BCUT2D eigenvalue weighted by molar-refractivity contribution is 6.21. The molecule has 2 rings (SSSR count). The first-order valence-electron chi connectivity index (χ1n) is 5.57. The fourth-order valence-corrected chi connectivity index (χ4v) is 1.82. The van der Waals surface area contributed by atoms with Gasteiger partial charge in [0.05, 0.1) is 17.7 Å². The molecule has 0 atom stereocenters. The summed E-state index contributed by atoms with van der Waals surface area (Å²) < 4.78 is 0. The van der Waals surface area contributed by atoms with Gasteiger partial charge in [0.15, 0.2) is 0 Å². The van der Waals surface area contributed by atoms with E-state index in [4.69, 9.17) is 5.73 Å². The Morgan fingerprint density at radius 3 is 2.22 bits per heavy atom. The first-order valence-corrected chi connectivity index (χ1v) is 5.57. The Morgan fingerprint density at radius 2 is 1.72 bits per heavy atom. The van der Waals surface area contributed by atoms with Gasteiger partial charge in [-0.25, -0.2) is 0 Å². The van der Waals surface area contributed by atoms with Gasteiger partial charge in [0.2, 0.25) is 5.91 Å². The molecule has 0 radical (unpaired) electrons. The molecule has 1 aromatic rings. The first-order chi connectivity index (χ1) is 8.65. The van der Waals surface area contributed by atoms with Crippen LogP contribution in [0, 0.1) is 0 Å². The van der Waals surface area contributed by atoms with Crippen molar-refractivity contribution in [1.29, 1.82) is 0 Å². The third-order valence-corrected chi connectivity index (χ3v) is 2.72. The highest BCUT2D eigenvalue weighted by Gasteiger charge is 2.34. The van der Waals surface area contributed by atoms with Crippen LogP contribution in [0.4, 0.5) is 0 Å². The van der Waals surface area contributed by atoms with E-state index in [1.807, 2.05) is 0 Å². The van der Waals surface area contributed by atoms with Gasteiger partial charge in [-0.15, -0.1) is 0 Å². The number of carbonyl (C=O) groups is 3. The molecule has 0 spiro atoms. The van der Waals surface area contributed by atoms with Crippen molar-refractivity contribution in [2.45, 2.75) is 0 Å². The molecule has 1 aliphatic rings. The zero-order valence-corrected chi connectivity index (χ0v) is 9.68. The predicted molar refractivity (Wildman–Crippen MR) is 63.9 cm³/mol. The van der Waals surface area contributed by atoms with Crippen molar-refractivity contribution in [1.82, 2.24) is 10.2 Å². The number of rotatable bonds is 4. The third kappa shape index (κ3) is 2.10. The summed E-state index contributed by atoms with van der Waals surface area (Å²) in [6.07, 6.45) is 0. The van der Waals surface area contributed by atoms with E-state index in [0.717, 1.165) is 4.90 Å². The molecule has 6 heteroatoms. The van der Waals surface area contributed by atoms with Crippen molar-refractivity contribution in [2.24, 2.45) is 5.73 Å². The minimum Gasteiger partial charge on any atom is -0.353 e. The molecule has 0 saturated heterocycles. The van der Waals surface area contributed by atoms with Crippen LogP contribution in [-0.2, 0) is 4.79 Å². The first kappa shape index (κ1) is 12.3. The van der Waals surface area contributed by atoms with Crippen molar-refractivity contribution in [3.63, 3.8) is 0 Å². The minimum absolute atomic E-state index is 0.109. The number of imide groups is 1. The smallest absolute Gasteiger partial charge is 0.261 e. The second kappa shape index (κ2) is 4.97. The quantitative estimate of drug-likeness (QED) is 0.692. The predicted octanol–water partition coefficient (Wildman–Crippen LogP) is -0.642. The number of hydrogen-bond donors (Lipinski definition) is 2. The van der Waals surface area contributed by atoms with Crippen LogP contribution in [-0.4, -0.2) is 42.3 Å². The van der Waals surface area contributed by atoms with Crippen LogP contribution < -0.4 is 11.1 Å². The van der Waals surface area contributed by atoms with Gasteiger partial charge in [0.1, 0.15) is 0 Å². The molecule has 1 aromatic carbocycles. The van der Waals surface area contributed by atoms with Gasteiger partial charge in [-0.3, -0.25) is 19.3 Å². The number of nitrogens with two attached hydrogens (primary N) is 1. The molecule has 3 amide bonds. The lowest BCUT2D eigenvalue weighted by atomic mass is 10.1. The fourth-order valence-electron chi connectivity index (χ4n) is 1.82. The number of amides is 3. The average molecular weight is 247 g/mol. The van der Waals surface area contributed by atoms with Crippen LogP contribution in [0.5, 0.6) is 0 Å². The Balaban J connectivity index is 2.03.